The molecule has 20 heavy (non-hydrogen) atoms. The lowest BCUT2D eigenvalue weighted by Gasteiger charge is -2.08. The van der Waals surface area contributed by atoms with Crippen LogP contribution in [-0.4, -0.2) is 26.2 Å². The molecule has 0 heterocycles. The van der Waals surface area contributed by atoms with E-state index in [0.717, 1.165) is 0 Å². The molecule has 1 aliphatic carbocycles. The quantitative estimate of drug-likeness (QED) is 0.793. The van der Waals surface area contributed by atoms with Crippen LogP contribution in [0.25, 0.3) is 0 Å². The molecule has 5 nitrogen and oxygen atoms in total. The molecule has 1 saturated carbocycles. The van der Waals surface area contributed by atoms with Crippen LogP contribution in [0.2, 0.25) is 5.02 Å². The van der Waals surface area contributed by atoms with Crippen molar-refractivity contribution in [3.63, 3.8) is 0 Å². The number of nitriles is 1. The number of esters is 1. The van der Waals surface area contributed by atoms with Gasteiger partial charge in [-0.25, -0.2) is 8.42 Å². The molecule has 0 aliphatic heterocycles. The summed E-state index contributed by atoms with van der Waals surface area (Å²) in [6, 6.07) is 7.43. The van der Waals surface area contributed by atoms with E-state index in [4.69, 9.17) is 21.6 Å². The van der Waals surface area contributed by atoms with Crippen LogP contribution in [-0.2, 0) is 19.4 Å². The van der Waals surface area contributed by atoms with Gasteiger partial charge in [0.25, 0.3) is 0 Å². The summed E-state index contributed by atoms with van der Waals surface area (Å²) < 4.78 is 29.6. The van der Waals surface area contributed by atoms with Gasteiger partial charge in [0.15, 0.2) is 15.3 Å². The molecular formula is C13H12ClNO4S. The lowest BCUT2D eigenvalue weighted by molar-refractivity contribution is -0.147. The molecule has 106 valence electrons. The van der Waals surface area contributed by atoms with E-state index >= 15 is 0 Å². The summed E-state index contributed by atoms with van der Waals surface area (Å²) in [5.74, 6) is -0.773. The first-order valence-corrected chi connectivity index (χ1v) is 7.89. The molecular weight excluding hydrogens is 302 g/mol. The van der Waals surface area contributed by atoms with Crippen LogP contribution in [0.15, 0.2) is 29.2 Å². The first-order chi connectivity index (χ1) is 9.38. The Bertz CT molecular complexity index is 677. The number of sulfone groups is 1. The Morgan fingerprint density at radius 1 is 1.50 bits per heavy atom. The van der Waals surface area contributed by atoms with Crippen molar-refractivity contribution in [1.29, 1.82) is 5.26 Å². The van der Waals surface area contributed by atoms with Gasteiger partial charge in [0.2, 0.25) is 0 Å². The summed E-state index contributed by atoms with van der Waals surface area (Å²) in [4.78, 5) is 11.8. The van der Waals surface area contributed by atoms with Gasteiger partial charge in [0.1, 0.15) is 0 Å². The topological polar surface area (TPSA) is 84.2 Å². The summed E-state index contributed by atoms with van der Waals surface area (Å²) in [5.41, 5.74) is -1.57. The minimum atomic E-state index is -3.75. The van der Waals surface area contributed by atoms with Crippen LogP contribution in [0.5, 0.6) is 0 Å². The lowest BCUT2D eigenvalue weighted by atomic mass is 10.1. The zero-order chi connectivity index (χ0) is 15.0. The van der Waals surface area contributed by atoms with Crippen molar-refractivity contribution >= 4 is 27.4 Å². The Kier molecular flexibility index (Phi) is 3.76. The van der Waals surface area contributed by atoms with E-state index < -0.39 is 26.5 Å². The highest BCUT2D eigenvalue weighted by atomic mass is 35.5. The van der Waals surface area contributed by atoms with Gasteiger partial charge in [0.05, 0.1) is 22.8 Å². The number of hydrogen-bond acceptors (Lipinski definition) is 5. The fourth-order valence-electron chi connectivity index (χ4n) is 2.03. The molecule has 2 unspecified atom stereocenters. The van der Waals surface area contributed by atoms with E-state index in [1.165, 1.54) is 24.3 Å². The molecule has 0 saturated heterocycles. The molecule has 0 aromatic heterocycles. The summed E-state index contributed by atoms with van der Waals surface area (Å²) in [6.07, 6.45) is -0.0344. The predicted octanol–water partition coefficient (Wildman–Crippen LogP) is 1.96. The Balaban J connectivity index is 2.32. The van der Waals surface area contributed by atoms with E-state index in [9.17, 15) is 13.2 Å². The minimum Gasteiger partial charge on any atom is -0.465 e. The average Bonchev–Trinajstić information content (AvgIpc) is 3.16. The summed E-state index contributed by atoms with van der Waals surface area (Å²) >= 11 is 5.71. The standard InChI is InChI=1S/C13H12ClNO4S/c1-2-19-12(16)13(8-15)7-11(13)20(17,18)10-5-3-9(14)4-6-10/h3-6,11H,2,7H2,1H3. The molecule has 1 aliphatic rings. The highest BCUT2D eigenvalue weighted by Gasteiger charge is 2.68. The second-order valence-corrected chi connectivity index (χ2v) is 7.06. The Labute approximate surface area is 122 Å². The molecule has 0 spiro atoms. The van der Waals surface area contributed by atoms with Gasteiger partial charge in [-0.3, -0.25) is 4.79 Å². The number of halogens is 1. The van der Waals surface area contributed by atoms with Crippen molar-refractivity contribution in [2.24, 2.45) is 5.41 Å². The van der Waals surface area contributed by atoms with Crippen molar-refractivity contribution in [3.05, 3.63) is 29.3 Å². The molecule has 7 heteroatoms. The molecule has 1 aromatic rings. The third-order valence-electron chi connectivity index (χ3n) is 3.25. The lowest BCUT2D eigenvalue weighted by Crippen LogP contribution is -2.25. The predicted molar refractivity (Wildman–Crippen MR) is 71.7 cm³/mol. The van der Waals surface area contributed by atoms with Gasteiger partial charge in [-0.15, -0.1) is 0 Å². The third kappa shape index (κ3) is 2.28. The van der Waals surface area contributed by atoms with E-state index in [0.29, 0.717) is 5.02 Å². The van der Waals surface area contributed by atoms with Gasteiger partial charge in [-0.05, 0) is 37.6 Å². The number of carbonyl (C=O) groups is 1. The largest absolute Gasteiger partial charge is 0.465 e. The Morgan fingerprint density at radius 3 is 2.60 bits per heavy atom. The minimum absolute atomic E-state index is 0.0344. The van der Waals surface area contributed by atoms with E-state index in [2.05, 4.69) is 0 Å². The number of nitrogens with zero attached hydrogens (tertiary/aromatic N) is 1. The number of benzene rings is 1. The average molecular weight is 314 g/mol. The van der Waals surface area contributed by atoms with E-state index in [-0.39, 0.29) is 17.9 Å². The van der Waals surface area contributed by atoms with E-state index in [1.807, 2.05) is 0 Å². The maximum absolute atomic E-state index is 12.4. The van der Waals surface area contributed by atoms with Crippen molar-refractivity contribution in [3.8, 4) is 6.07 Å². The van der Waals surface area contributed by atoms with Crippen molar-refractivity contribution in [2.75, 3.05) is 6.61 Å². The van der Waals surface area contributed by atoms with Gasteiger partial charge in [-0.1, -0.05) is 11.6 Å². The molecule has 1 aromatic carbocycles. The number of ether oxygens (including phenoxy) is 1. The van der Waals surface area contributed by atoms with Crippen molar-refractivity contribution in [2.45, 2.75) is 23.5 Å². The zero-order valence-corrected chi connectivity index (χ0v) is 12.2. The zero-order valence-electron chi connectivity index (χ0n) is 10.7. The van der Waals surface area contributed by atoms with Crippen molar-refractivity contribution in [1.82, 2.24) is 0 Å². The fraction of sp³-hybridized carbons (Fsp3) is 0.385. The molecule has 2 rings (SSSR count). The monoisotopic (exact) mass is 313 g/mol. The fourth-order valence-corrected chi connectivity index (χ4v) is 4.17. The van der Waals surface area contributed by atoms with Crippen LogP contribution in [0.1, 0.15) is 13.3 Å². The summed E-state index contributed by atoms with van der Waals surface area (Å²) in [6.45, 7) is 1.71. The van der Waals surface area contributed by atoms with Gasteiger partial charge in [-0.2, -0.15) is 5.26 Å². The molecule has 0 bridgehead atoms. The number of rotatable bonds is 4. The van der Waals surface area contributed by atoms with Crippen LogP contribution in [0.4, 0.5) is 0 Å². The van der Waals surface area contributed by atoms with Gasteiger partial charge in [0, 0.05) is 5.02 Å². The summed E-state index contributed by atoms with van der Waals surface area (Å²) in [7, 11) is -3.75. The molecule has 0 N–H and O–H groups in total. The third-order valence-corrected chi connectivity index (χ3v) is 5.75. The highest BCUT2D eigenvalue weighted by molar-refractivity contribution is 7.92. The second-order valence-electron chi connectivity index (χ2n) is 4.50. The molecule has 0 amide bonds. The highest BCUT2D eigenvalue weighted by Crippen LogP contribution is 2.53. The van der Waals surface area contributed by atoms with Crippen LogP contribution in [0.3, 0.4) is 0 Å². The second kappa shape index (κ2) is 5.08. The maximum atomic E-state index is 12.4. The summed E-state index contributed by atoms with van der Waals surface area (Å²) in [5, 5.41) is 8.50. The van der Waals surface area contributed by atoms with Gasteiger partial charge < -0.3 is 4.74 Å². The number of hydrogen-bond donors (Lipinski definition) is 0. The SMILES string of the molecule is CCOC(=O)C1(C#N)CC1S(=O)(=O)c1ccc(Cl)cc1. The maximum Gasteiger partial charge on any atom is 0.327 e. The van der Waals surface area contributed by atoms with Crippen molar-refractivity contribution < 1.29 is 17.9 Å². The Hall–Kier alpha value is -1.58. The smallest absolute Gasteiger partial charge is 0.327 e. The first-order valence-electron chi connectivity index (χ1n) is 5.96. The van der Waals surface area contributed by atoms with Crippen LogP contribution >= 0.6 is 11.6 Å². The first kappa shape index (κ1) is 14.8. The Morgan fingerprint density at radius 2 is 2.10 bits per heavy atom. The molecule has 2 atom stereocenters. The molecule has 0 radical (unpaired) electrons. The normalized spacial score (nSPS) is 24.8. The van der Waals surface area contributed by atoms with Crippen LogP contribution < -0.4 is 0 Å². The van der Waals surface area contributed by atoms with E-state index in [1.54, 1.807) is 13.0 Å². The number of carbonyl (C=O) groups excluding carboxylic acids is 1. The van der Waals surface area contributed by atoms with Gasteiger partial charge >= 0.3 is 5.97 Å². The van der Waals surface area contributed by atoms with Crippen LogP contribution in [0, 0.1) is 16.7 Å². The molecule has 1 fully saturated rings.